The number of aromatic amines is 2. The molecule has 1 saturated heterocycles. The van der Waals surface area contributed by atoms with Crippen molar-refractivity contribution in [3.05, 3.63) is 34.2 Å². The zero-order valence-corrected chi connectivity index (χ0v) is 11.4. The van der Waals surface area contributed by atoms with Crippen molar-refractivity contribution in [2.24, 2.45) is 0 Å². The third-order valence-electron chi connectivity index (χ3n) is 3.62. The number of H-pyrrole nitrogens is 2. The standard InChI is InChI=1S/C14H16N4O3/c19-12(13(20)18-5-1-2-6-18)15-8-9-3-4-10-11(7-9)17-14(21)16-10/h3-4,7H,1-2,5-6,8H2,(H,15,19)(H2,16,17,21). The Morgan fingerprint density at radius 2 is 1.86 bits per heavy atom. The Morgan fingerprint density at radius 1 is 1.14 bits per heavy atom. The number of likely N-dealkylation sites (tertiary alicyclic amines) is 1. The van der Waals surface area contributed by atoms with Gasteiger partial charge in [0.25, 0.3) is 0 Å². The molecule has 110 valence electrons. The molecule has 1 aromatic heterocycles. The molecule has 21 heavy (non-hydrogen) atoms. The van der Waals surface area contributed by atoms with Gasteiger partial charge >= 0.3 is 17.5 Å². The number of fused-ring (bicyclic) bond motifs is 1. The molecule has 2 amide bonds. The molecule has 0 aliphatic carbocycles. The predicted octanol–water partition coefficient (Wildman–Crippen LogP) is 0.0948. The van der Waals surface area contributed by atoms with Crippen LogP contribution in [0.25, 0.3) is 11.0 Å². The maximum absolute atomic E-state index is 11.8. The number of nitrogens with one attached hydrogen (secondary N) is 3. The van der Waals surface area contributed by atoms with E-state index < -0.39 is 11.8 Å². The smallest absolute Gasteiger partial charge is 0.323 e. The largest absolute Gasteiger partial charge is 0.344 e. The molecule has 7 nitrogen and oxygen atoms in total. The zero-order chi connectivity index (χ0) is 14.8. The molecule has 0 unspecified atom stereocenters. The Morgan fingerprint density at radius 3 is 2.62 bits per heavy atom. The van der Waals surface area contributed by atoms with Gasteiger partial charge in [0.2, 0.25) is 0 Å². The lowest BCUT2D eigenvalue weighted by molar-refractivity contribution is -0.145. The average molecular weight is 288 g/mol. The highest BCUT2D eigenvalue weighted by molar-refractivity contribution is 6.35. The van der Waals surface area contributed by atoms with E-state index in [0.29, 0.717) is 24.1 Å². The fourth-order valence-electron chi connectivity index (χ4n) is 2.51. The van der Waals surface area contributed by atoms with Crippen LogP contribution in [0.5, 0.6) is 0 Å². The second kappa shape index (κ2) is 5.43. The molecule has 2 aromatic rings. The summed E-state index contributed by atoms with van der Waals surface area (Å²) < 4.78 is 0. The third-order valence-corrected chi connectivity index (χ3v) is 3.62. The molecule has 0 saturated carbocycles. The average Bonchev–Trinajstić information content (AvgIpc) is 3.11. The number of carbonyl (C=O) groups is 2. The summed E-state index contributed by atoms with van der Waals surface area (Å²) in [5.41, 5.74) is 1.94. The molecule has 1 aliphatic heterocycles. The van der Waals surface area contributed by atoms with E-state index in [1.807, 2.05) is 0 Å². The van der Waals surface area contributed by atoms with E-state index >= 15 is 0 Å². The number of nitrogens with zero attached hydrogens (tertiary/aromatic N) is 1. The van der Waals surface area contributed by atoms with E-state index in [1.165, 1.54) is 0 Å². The Kier molecular flexibility index (Phi) is 3.47. The Labute approximate surface area is 120 Å². The highest BCUT2D eigenvalue weighted by Crippen LogP contribution is 2.10. The first-order chi connectivity index (χ1) is 10.1. The third kappa shape index (κ3) is 2.81. The molecule has 3 N–H and O–H groups in total. The zero-order valence-electron chi connectivity index (χ0n) is 11.4. The molecular formula is C14H16N4O3. The summed E-state index contributed by atoms with van der Waals surface area (Å²) in [6, 6.07) is 5.33. The van der Waals surface area contributed by atoms with Gasteiger partial charge in [-0.15, -0.1) is 0 Å². The maximum atomic E-state index is 11.8. The summed E-state index contributed by atoms with van der Waals surface area (Å²) in [6.07, 6.45) is 1.91. The molecule has 0 bridgehead atoms. The van der Waals surface area contributed by atoms with Crippen LogP contribution in [-0.4, -0.2) is 39.8 Å². The minimum atomic E-state index is -0.584. The van der Waals surface area contributed by atoms with Crippen LogP contribution in [0.3, 0.4) is 0 Å². The van der Waals surface area contributed by atoms with Crippen LogP contribution in [0.1, 0.15) is 18.4 Å². The monoisotopic (exact) mass is 288 g/mol. The number of hydrogen-bond donors (Lipinski definition) is 3. The van der Waals surface area contributed by atoms with Crippen molar-refractivity contribution in [2.45, 2.75) is 19.4 Å². The summed E-state index contributed by atoms with van der Waals surface area (Å²) in [5.74, 6) is -1.05. The lowest BCUT2D eigenvalue weighted by atomic mass is 10.2. The molecule has 1 fully saturated rings. The van der Waals surface area contributed by atoms with Gasteiger partial charge in [0.15, 0.2) is 0 Å². The normalized spacial score (nSPS) is 14.6. The summed E-state index contributed by atoms with van der Waals surface area (Å²) >= 11 is 0. The van der Waals surface area contributed by atoms with Crippen LogP contribution < -0.4 is 11.0 Å². The van der Waals surface area contributed by atoms with Crippen molar-refractivity contribution in [2.75, 3.05) is 13.1 Å². The topological polar surface area (TPSA) is 98.1 Å². The fraction of sp³-hybridized carbons (Fsp3) is 0.357. The lowest BCUT2D eigenvalue weighted by Crippen LogP contribution is -2.41. The van der Waals surface area contributed by atoms with Gasteiger partial charge in [-0.05, 0) is 30.5 Å². The molecule has 1 aromatic carbocycles. The first kappa shape index (κ1) is 13.4. The number of hydrogen-bond acceptors (Lipinski definition) is 3. The van der Waals surface area contributed by atoms with Crippen LogP contribution in [-0.2, 0) is 16.1 Å². The van der Waals surface area contributed by atoms with Crippen molar-refractivity contribution in [3.8, 4) is 0 Å². The molecule has 1 aliphatic rings. The molecular weight excluding hydrogens is 272 g/mol. The SMILES string of the molecule is O=C(NCc1ccc2[nH]c(=O)[nH]c2c1)C(=O)N1CCCC1. The van der Waals surface area contributed by atoms with Gasteiger partial charge < -0.3 is 20.2 Å². The maximum Gasteiger partial charge on any atom is 0.323 e. The minimum Gasteiger partial charge on any atom is -0.344 e. The Hall–Kier alpha value is -2.57. The van der Waals surface area contributed by atoms with Crippen LogP contribution in [0.15, 0.2) is 23.0 Å². The van der Waals surface area contributed by atoms with Gasteiger partial charge in [-0.2, -0.15) is 0 Å². The number of imidazole rings is 1. The van der Waals surface area contributed by atoms with Crippen molar-refractivity contribution < 1.29 is 9.59 Å². The Balaban J connectivity index is 1.63. The number of carbonyl (C=O) groups excluding carboxylic acids is 2. The van der Waals surface area contributed by atoms with Crippen molar-refractivity contribution in [1.82, 2.24) is 20.2 Å². The van der Waals surface area contributed by atoms with Crippen molar-refractivity contribution >= 4 is 22.8 Å². The second-order valence-corrected chi connectivity index (χ2v) is 5.14. The highest BCUT2D eigenvalue weighted by atomic mass is 16.2. The van der Waals surface area contributed by atoms with Crippen LogP contribution in [0.4, 0.5) is 0 Å². The van der Waals surface area contributed by atoms with E-state index in [1.54, 1.807) is 23.1 Å². The van der Waals surface area contributed by atoms with Crippen LogP contribution in [0, 0.1) is 0 Å². The van der Waals surface area contributed by atoms with E-state index in [0.717, 1.165) is 18.4 Å². The summed E-state index contributed by atoms with van der Waals surface area (Å²) in [4.78, 5) is 41.7. The van der Waals surface area contributed by atoms with E-state index in [4.69, 9.17) is 0 Å². The van der Waals surface area contributed by atoms with Gasteiger partial charge in [-0.3, -0.25) is 9.59 Å². The molecule has 2 heterocycles. The van der Waals surface area contributed by atoms with Gasteiger partial charge in [-0.25, -0.2) is 4.79 Å². The van der Waals surface area contributed by atoms with E-state index in [-0.39, 0.29) is 12.2 Å². The predicted molar refractivity (Wildman–Crippen MR) is 76.6 cm³/mol. The number of benzene rings is 1. The van der Waals surface area contributed by atoms with Gasteiger partial charge in [-0.1, -0.05) is 6.07 Å². The van der Waals surface area contributed by atoms with E-state index in [2.05, 4.69) is 15.3 Å². The van der Waals surface area contributed by atoms with E-state index in [9.17, 15) is 14.4 Å². The number of rotatable bonds is 2. The summed E-state index contributed by atoms with van der Waals surface area (Å²) in [5, 5.41) is 2.61. The minimum absolute atomic E-state index is 0.252. The molecule has 0 spiro atoms. The first-order valence-corrected chi connectivity index (χ1v) is 6.91. The van der Waals surface area contributed by atoms with Gasteiger partial charge in [0.05, 0.1) is 11.0 Å². The van der Waals surface area contributed by atoms with Crippen molar-refractivity contribution in [3.63, 3.8) is 0 Å². The second-order valence-electron chi connectivity index (χ2n) is 5.14. The fourth-order valence-corrected chi connectivity index (χ4v) is 2.51. The molecule has 0 radical (unpaired) electrons. The van der Waals surface area contributed by atoms with Gasteiger partial charge in [0, 0.05) is 19.6 Å². The lowest BCUT2D eigenvalue weighted by Gasteiger charge is -2.14. The van der Waals surface area contributed by atoms with Crippen LogP contribution >= 0.6 is 0 Å². The molecule has 3 rings (SSSR count). The number of amides is 2. The summed E-state index contributed by atoms with van der Waals surface area (Å²) in [6.45, 7) is 1.56. The Bertz CT molecular complexity index is 740. The first-order valence-electron chi connectivity index (χ1n) is 6.91. The van der Waals surface area contributed by atoms with Crippen molar-refractivity contribution in [1.29, 1.82) is 0 Å². The molecule has 7 heteroatoms. The van der Waals surface area contributed by atoms with Gasteiger partial charge in [0.1, 0.15) is 0 Å². The highest BCUT2D eigenvalue weighted by Gasteiger charge is 2.23. The summed E-state index contributed by atoms with van der Waals surface area (Å²) in [7, 11) is 0. The molecule has 0 atom stereocenters. The van der Waals surface area contributed by atoms with Crippen LogP contribution in [0.2, 0.25) is 0 Å². The number of aromatic nitrogens is 2. The quantitative estimate of drug-likeness (QED) is 0.683.